The summed E-state index contributed by atoms with van der Waals surface area (Å²) in [6, 6.07) is 0. The molecule has 1 heteroatoms. The Morgan fingerprint density at radius 2 is 1.29 bits per heavy atom. The molecular weight excluding hydrogens is 206 g/mol. The fraction of sp³-hybridized carbons (Fsp3) is 0.500. The first-order chi connectivity index (χ1) is 8.12. The van der Waals surface area contributed by atoms with Gasteiger partial charge in [-0.2, -0.15) is 0 Å². The first-order valence-corrected chi connectivity index (χ1v) is 6.52. The van der Waals surface area contributed by atoms with Gasteiger partial charge in [-0.25, -0.2) is 0 Å². The SMILES string of the molecule is CC1(CNCC2(C)C=CC=CC2)C=CC=CC1. The van der Waals surface area contributed by atoms with E-state index in [4.69, 9.17) is 0 Å². The molecule has 92 valence electrons. The standard InChI is InChI=1S/C16H23N/c1-15(9-5-3-6-10-15)13-17-14-16(2)11-7-4-8-12-16/h3-9,11,17H,10,12-14H2,1-2H3. The Morgan fingerprint density at radius 3 is 1.65 bits per heavy atom. The predicted molar refractivity (Wildman–Crippen MR) is 74.9 cm³/mol. The molecule has 0 fully saturated rings. The van der Waals surface area contributed by atoms with Crippen molar-refractivity contribution in [2.75, 3.05) is 13.1 Å². The van der Waals surface area contributed by atoms with E-state index in [1.807, 2.05) is 0 Å². The third kappa shape index (κ3) is 3.44. The van der Waals surface area contributed by atoms with Gasteiger partial charge in [-0.05, 0) is 12.8 Å². The summed E-state index contributed by atoms with van der Waals surface area (Å²) in [6.45, 7) is 6.75. The monoisotopic (exact) mass is 229 g/mol. The predicted octanol–water partition coefficient (Wildman–Crippen LogP) is 3.62. The molecule has 1 nitrogen and oxygen atoms in total. The summed E-state index contributed by atoms with van der Waals surface area (Å²) >= 11 is 0. The van der Waals surface area contributed by atoms with Crippen LogP contribution in [-0.4, -0.2) is 13.1 Å². The molecule has 2 aliphatic carbocycles. The molecular formula is C16H23N. The summed E-state index contributed by atoms with van der Waals surface area (Å²) in [6.07, 6.45) is 20.0. The van der Waals surface area contributed by atoms with Crippen LogP contribution in [0.5, 0.6) is 0 Å². The molecule has 0 aromatic heterocycles. The molecule has 0 aromatic rings. The second-order valence-corrected chi connectivity index (χ2v) is 5.89. The van der Waals surface area contributed by atoms with Gasteiger partial charge in [0.2, 0.25) is 0 Å². The van der Waals surface area contributed by atoms with E-state index in [-0.39, 0.29) is 0 Å². The molecule has 2 rings (SSSR count). The van der Waals surface area contributed by atoms with Crippen LogP contribution < -0.4 is 5.32 Å². The molecule has 0 saturated heterocycles. The van der Waals surface area contributed by atoms with Crippen molar-refractivity contribution < 1.29 is 0 Å². The Labute approximate surface area is 105 Å². The van der Waals surface area contributed by atoms with Crippen molar-refractivity contribution in [1.82, 2.24) is 5.32 Å². The van der Waals surface area contributed by atoms with Crippen molar-refractivity contribution in [3.63, 3.8) is 0 Å². The van der Waals surface area contributed by atoms with E-state index in [9.17, 15) is 0 Å². The zero-order chi connectivity index (χ0) is 12.2. The molecule has 0 heterocycles. The number of hydrogen-bond acceptors (Lipinski definition) is 1. The van der Waals surface area contributed by atoms with Crippen LogP contribution in [0.2, 0.25) is 0 Å². The van der Waals surface area contributed by atoms with E-state index in [0.717, 1.165) is 25.9 Å². The molecule has 17 heavy (non-hydrogen) atoms. The topological polar surface area (TPSA) is 12.0 Å². The third-order valence-electron chi connectivity index (χ3n) is 3.72. The zero-order valence-electron chi connectivity index (χ0n) is 10.9. The quantitative estimate of drug-likeness (QED) is 0.776. The minimum absolute atomic E-state index is 0.291. The lowest BCUT2D eigenvalue weighted by molar-refractivity contribution is 0.336. The van der Waals surface area contributed by atoms with Crippen LogP contribution in [0.3, 0.4) is 0 Å². The highest BCUT2D eigenvalue weighted by molar-refractivity contribution is 5.17. The van der Waals surface area contributed by atoms with Crippen molar-refractivity contribution in [3.8, 4) is 0 Å². The van der Waals surface area contributed by atoms with E-state index in [1.54, 1.807) is 0 Å². The lowest BCUT2D eigenvalue weighted by Crippen LogP contribution is -2.37. The maximum atomic E-state index is 3.64. The van der Waals surface area contributed by atoms with Gasteiger partial charge in [-0.3, -0.25) is 0 Å². The summed E-state index contributed by atoms with van der Waals surface area (Å²) in [4.78, 5) is 0. The fourth-order valence-corrected chi connectivity index (χ4v) is 2.44. The van der Waals surface area contributed by atoms with E-state index in [2.05, 4.69) is 67.8 Å². The fourth-order valence-electron chi connectivity index (χ4n) is 2.44. The molecule has 1 N–H and O–H groups in total. The lowest BCUT2D eigenvalue weighted by Gasteiger charge is -2.31. The smallest absolute Gasteiger partial charge is 0.00433 e. The lowest BCUT2D eigenvalue weighted by atomic mass is 9.81. The second kappa shape index (κ2) is 5.05. The normalized spacial score (nSPS) is 35.4. The van der Waals surface area contributed by atoms with E-state index in [0.29, 0.717) is 10.8 Å². The van der Waals surface area contributed by atoms with Gasteiger partial charge in [0.05, 0.1) is 0 Å². The van der Waals surface area contributed by atoms with E-state index < -0.39 is 0 Å². The maximum absolute atomic E-state index is 3.64. The molecule has 2 aliphatic rings. The molecule has 0 saturated carbocycles. The number of rotatable bonds is 4. The van der Waals surface area contributed by atoms with Gasteiger partial charge in [-0.1, -0.05) is 62.5 Å². The van der Waals surface area contributed by atoms with Crippen LogP contribution >= 0.6 is 0 Å². The van der Waals surface area contributed by atoms with Crippen molar-refractivity contribution in [2.24, 2.45) is 10.8 Å². The molecule has 0 spiro atoms. The van der Waals surface area contributed by atoms with E-state index in [1.165, 1.54) is 0 Å². The first kappa shape index (κ1) is 12.4. The summed E-state index contributed by atoms with van der Waals surface area (Å²) in [5.41, 5.74) is 0.582. The molecule has 0 amide bonds. The van der Waals surface area contributed by atoms with Gasteiger partial charge < -0.3 is 5.32 Å². The minimum Gasteiger partial charge on any atom is -0.315 e. The Morgan fingerprint density at radius 1 is 0.824 bits per heavy atom. The third-order valence-corrected chi connectivity index (χ3v) is 3.72. The van der Waals surface area contributed by atoms with Crippen LogP contribution in [0, 0.1) is 10.8 Å². The Kier molecular flexibility index (Phi) is 3.68. The van der Waals surface area contributed by atoms with Crippen LogP contribution in [0.15, 0.2) is 48.6 Å². The highest BCUT2D eigenvalue weighted by atomic mass is 14.9. The van der Waals surface area contributed by atoms with Crippen molar-refractivity contribution in [2.45, 2.75) is 26.7 Å². The van der Waals surface area contributed by atoms with Crippen molar-refractivity contribution in [3.05, 3.63) is 48.6 Å². The average Bonchev–Trinajstić information content (AvgIpc) is 2.30. The van der Waals surface area contributed by atoms with E-state index >= 15 is 0 Å². The van der Waals surface area contributed by atoms with Gasteiger partial charge in [0.1, 0.15) is 0 Å². The highest BCUT2D eigenvalue weighted by Gasteiger charge is 2.24. The first-order valence-electron chi connectivity index (χ1n) is 6.52. The largest absolute Gasteiger partial charge is 0.315 e. The van der Waals surface area contributed by atoms with Crippen molar-refractivity contribution in [1.29, 1.82) is 0 Å². The van der Waals surface area contributed by atoms with Crippen LogP contribution in [0.1, 0.15) is 26.7 Å². The molecule has 0 aromatic carbocycles. The summed E-state index contributed by atoms with van der Waals surface area (Å²) in [5, 5.41) is 3.64. The average molecular weight is 229 g/mol. The van der Waals surface area contributed by atoms with Crippen LogP contribution in [-0.2, 0) is 0 Å². The van der Waals surface area contributed by atoms with Gasteiger partial charge in [0, 0.05) is 23.9 Å². The molecule has 0 aliphatic heterocycles. The summed E-state index contributed by atoms with van der Waals surface area (Å²) in [5.74, 6) is 0. The zero-order valence-corrected chi connectivity index (χ0v) is 10.9. The highest BCUT2D eigenvalue weighted by Crippen LogP contribution is 2.28. The van der Waals surface area contributed by atoms with Gasteiger partial charge >= 0.3 is 0 Å². The Bertz CT molecular complexity index is 339. The van der Waals surface area contributed by atoms with Crippen LogP contribution in [0.4, 0.5) is 0 Å². The number of nitrogens with one attached hydrogen (secondary N) is 1. The molecule has 2 atom stereocenters. The number of hydrogen-bond donors (Lipinski definition) is 1. The maximum Gasteiger partial charge on any atom is 0.00433 e. The van der Waals surface area contributed by atoms with Gasteiger partial charge in [0.15, 0.2) is 0 Å². The Hall–Kier alpha value is -1.08. The Balaban J connectivity index is 1.80. The van der Waals surface area contributed by atoms with Crippen LogP contribution in [0.25, 0.3) is 0 Å². The second-order valence-electron chi connectivity index (χ2n) is 5.89. The number of allylic oxidation sites excluding steroid dienone is 6. The summed E-state index contributed by atoms with van der Waals surface area (Å²) in [7, 11) is 0. The molecule has 2 unspecified atom stereocenters. The minimum atomic E-state index is 0.291. The van der Waals surface area contributed by atoms with Gasteiger partial charge in [0.25, 0.3) is 0 Å². The molecule has 0 bridgehead atoms. The van der Waals surface area contributed by atoms with Crippen molar-refractivity contribution >= 4 is 0 Å². The molecule has 0 radical (unpaired) electrons. The summed E-state index contributed by atoms with van der Waals surface area (Å²) < 4.78 is 0. The van der Waals surface area contributed by atoms with Gasteiger partial charge in [-0.15, -0.1) is 0 Å².